The van der Waals surface area contributed by atoms with Gasteiger partial charge < -0.3 is 9.80 Å². The van der Waals surface area contributed by atoms with Crippen molar-refractivity contribution in [3.63, 3.8) is 0 Å². The first kappa shape index (κ1) is 16.1. The molecule has 1 aliphatic heterocycles. The van der Waals surface area contributed by atoms with Crippen molar-refractivity contribution in [3.8, 4) is 0 Å². The lowest BCUT2D eigenvalue weighted by Gasteiger charge is -2.38. The third kappa shape index (κ3) is 2.64. The van der Waals surface area contributed by atoms with Gasteiger partial charge in [0.05, 0.1) is 11.9 Å². The number of likely N-dealkylation sites (N-methyl/N-ethyl adjacent to an activating group) is 1. The lowest BCUT2D eigenvalue weighted by Crippen LogP contribution is -2.55. The number of aromatic nitrogens is 4. The second-order valence-electron chi connectivity index (χ2n) is 6.00. The quantitative estimate of drug-likeness (QED) is 0.805. The van der Waals surface area contributed by atoms with Crippen molar-refractivity contribution in [2.24, 2.45) is 0 Å². The molecule has 0 unspecified atom stereocenters. The average molecular weight is 328 g/mol. The van der Waals surface area contributed by atoms with Gasteiger partial charge in [-0.2, -0.15) is 5.10 Å². The van der Waals surface area contributed by atoms with Crippen LogP contribution in [0.15, 0.2) is 37.1 Å². The van der Waals surface area contributed by atoms with E-state index >= 15 is 0 Å². The van der Waals surface area contributed by atoms with Crippen LogP contribution in [-0.2, 0) is 21.7 Å². The predicted molar refractivity (Wildman–Crippen MR) is 85.6 cm³/mol. The Labute approximate surface area is 140 Å². The molecular weight excluding hydrogens is 308 g/mol. The molecule has 3 heterocycles. The highest BCUT2D eigenvalue weighted by Gasteiger charge is 2.53. The van der Waals surface area contributed by atoms with E-state index in [0.29, 0.717) is 18.7 Å². The van der Waals surface area contributed by atoms with Gasteiger partial charge in [0.1, 0.15) is 6.54 Å². The highest BCUT2D eigenvalue weighted by atomic mass is 16.2. The number of carbonyl (C=O) groups excluding carboxylic acids is 2. The summed E-state index contributed by atoms with van der Waals surface area (Å²) < 4.78 is 1.56. The van der Waals surface area contributed by atoms with Gasteiger partial charge in [0.2, 0.25) is 5.91 Å². The van der Waals surface area contributed by atoms with Gasteiger partial charge in [-0.25, -0.2) is 0 Å². The van der Waals surface area contributed by atoms with E-state index in [4.69, 9.17) is 0 Å². The topological polar surface area (TPSA) is 84.2 Å². The molecule has 8 heteroatoms. The summed E-state index contributed by atoms with van der Waals surface area (Å²) in [6, 6.07) is 1.76. The largest absolute Gasteiger partial charge is 0.346 e. The van der Waals surface area contributed by atoms with Crippen molar-refractivity contribution in [1.29, 1.82) is 0 Å². The second kappa shape index (κ2) is 6.38. The first-order valence-corrected chi connectivity index (χ1v) is 7.82. The summed E-state index contributed by atoms with van der Waals surface area (Å²) in [5.74, 6) is -0.314. The molecule has 1 fully saturated rings. The predicted octanol–water partition coefficient (Wildman–Crippen LogP) is 0.279. The van der Waals surface area contributed by atoms with Gasteiger partial charge in [-0.1, -0.05) is 0 Å². The molecule has 3 rings (SSSR count). The minimum absolute atomic E-state index is 0.0930. The van der Waals surface area contributed by atoms with Gasteiger partial charge in [0.15, 0.2) is 5.54 Å². The highest BCUT2D eigenvalue weighted by Crippen LogP contribution is 2.39. The van der Waals surface area contributed by atoms with Crippen molar-refractivity contribution >= 4 is 11.8 Å². The van der Waals surface area contributed by atoms with Crippen molar-refractivity contribution in [1.82, 2.24) is 29.5 Å². The Hall–Kier alpha value is -2.77. The third-order valence-electron chi connectivity index (χ3n) is 4.29. The maximum Gasteiger partial charge on any atom is 0.254 e. The summed E-state index contributed by atoms with van der Waals surface area (Å²) in [6.07, 6.45) is 9.30. The minimum Gasteiger partial charge on any atom is -0.346 e. The van der Waals surface area contributed by atoms with Crippen LogP contribution in [0, 0.1) is 0 Å². The monoisotopic (exact) mass is 328 g/mol. The van der Waals surface area contributed by atoms with Crippen LogP contribution < -0.4 is 0 Å². The van der Waals surface area contributed by atoms with E-state index in [1.165, 1.54) is 4.90 Å². The number of likely N-dealkylation sites (tertiary alicyclic amines) is 1. The third-order valence-corrected chi connectivity index (χ3v) is 4.29. The molecule has 1 aliphatic rings. The van der Waals surface area contributed by atoms with E-state index in [-0.39, 0.29) is 18.4 Å². The van der Waals surface area contributed by atoms with E-state index < -0.39 is 5.54 Å². The molecule has 0 N–H and O–H groups in total. The molecule has 8 nitrogen and oxygen atoms in total. The molecule has 2 aromatic heterocycles. The summed E-state index contributed by atoms with van der Waals surface area (Å²) in [5, 5.41) is 4.07. The van der Waals surface area contributed by atoms with Crippen LogP contribution >= 0.6 is 0 Å². The standard InChI is InChI=1S/C16H20N6O2/c1-20(2)15(24)16(13-11-17-7-8-18-13)5-3-10-22(16)14(23)12-21-9-4-6-19-21/h4,6-9,11H,3,5,10,12H2,1-2H3/t16-/m1/s1. The van der Waals surface area contributed by atoms with E-state index in [1.807, 2.05) is 0 Å². The Balaban J connectivity index is 2.00. The zero-order chi connectivity index (χ0) is 17.2. The smallest absolute Gasteiger partial charge is 0.254 e. The highest BCUT2D eigenvalue weighted by molar-refractivity contribution is 5.92. The number of nitrogens with zero attached hydrogens (tertiary/aromatic N) is 6. The molecule has 1 saturated heterocycles. The Kier molecular flexibility index (Phi) is 4.28. The summed E-state index contributed by atoms with van der Waals surface area (Å²) in [5.41, 5.74) is -0.586. The molecule has 2 amide bonds. The molecule has 0 bridgehead atoms. The fourth-order valence-electron chi connectivity index (χ4n) is 3.26. The van der Waals surface area contributed by atoms with Gasteiger partial charge in [-0.05, 0) is 18.9 Å². The van der Waals surface area contributed by atoms with Crippen LogP contribution in [0.3, 0.4) is 0 Å². The lowest BCUT2D eigenvalue weighted by molar-refractivity contribution is -0.151. The van der Waals surface area contributed by atoms with Crippen LogP contribution in [0.25, 0.3) is 0 Å². The van der Waals surface area contributed by atoms with Crippen molar-refractivity contribution in [3.05, 3.63) is 42.7 Å². The zero-order valence-electron chi connectivity index (χ0n) is 13.8. The molecule has 126 valence electrons. The van der Waals surface area contributed by atoms with Gasteiger partial charge in [0.25, 0.3) is 5.91 Å². The first-order chi connectivity index (χ1) is 11.6. The lowest BCUT2D eigenvalue weighted by atomic mass is 9.90. The van der Waals surface area contributed by atoms with Gasteiger partial charge in [0, 0.05) is 45.4 Å². The maximum atomic E-state index is 13.0. The molecule has 1 atom stereocenters. The number of carbonyl (C=O) groups is 2. The van der Waals surface area contributed by atoms with Crippen molar-refractivity contribution < 1.29 is 9.59 Å². The normalized spacial score (nSPS) is 20.2. The number of amides is 2. The van der Waals surface area contributed by atoms with E-state index in [1.54, 1.807) is 60.7 Å². The SMILES string of the molecule is CN(C)C(=O)[C@]1(c2cnccn2)CCCN1C(=O)Cn1cccn1. The molecule has 24 heavy (non-hydrogen) atoms. The average Bonchev–Trinajstić information content (AvgIpc) is 3.24. The Bertz CT molecular complexity index is 715. The van der Waals surface area contributed by atoms with E-state index in [0.717, 1.165) is 6.42 Å². The van der Waals surface area contributed by atoms with Gasteiger partial charge in [-0.3, -0.25) is 24.2 Å². The summed E-state index contributed by atoms with van der Waals surface area (Å²) in [7, 11) is 3.38. The molecular formula is C16H20N6O2. The van der Waals surface area contributed by atoms with E-state index in [9.17, 15) is 9.59 Å². The van der Waals surface area contributed by atoms with Crippen LogP contribution in [-0.4, -0.2) is 62.0 Å². The second-order valence-corrected chi connectivity index (χ2v) is 6.00. The Morgan fingerprint density at radius 3 is 2.75 bits per heavy atom. The van der Waals surface area contributed by atoms with E-state index in [2.05, 4.69) is 15.1 Å². The van der Waals surface area contributed by atoms with Gasteiger partial charge >= 0.3 is 0 Å². The molecule has 0 aliphatic carbocycles. The Morgan fingerprint density at radius 2 is 2.12 bits per heavy atom. The molecule has 0 spiro atoms. The Morgan fingerprint density at radius 1 is 1.29 bits per heavy atom. The van der Waals surface area contributed by atoms with Gasteiger partial charge in [-0.15, -0.1) is 0 Å². The van der Waals surface area contributed by atoms with Crippen LogP contribution in [0.2, 0.25) is 0 Å². The fraction of sp³-hybridized carbons (Fsp3) is 0.438. The summed E-state index contributed by atoms with van der Waals surface area (Å²) in [6.45, 7) is 0.603. The van der Waals surface area contributed by atoms with Crippen molar-refractivity contribution in [2.75, 3.05) is 20.6 Å². The fourth-order valence-corrected chi connectivity index (χ4v) is 3.26. The van der Waals surface area contributed by atoms with Crippen LogP contribution in [0.4, 0.5) is 0 Å². The summed E-state index contributed by atoms with van der Waals surface area (Å²) in [4.78, 5) is 37.5. The minimum atomic E-state index is -1.10. The van der Waals surface area contributed by atoms with Crippen LogP contribution in [0.5, 0.6) is 0 Å². The molecule has 0 aromatic carbocycles. The number of hydrogen-bond donors (Lipinski definition) is 0. The number of hydrogen-bond acceptors (Lipinski definition) is 5. The van der Waals surface area contributed by atoms with Crippen LogP contribution in [0.1, 0.15) is 18.5 Å². The summed E-state index contributed by atoms with van der Waals surface area (Å²) >= 11 is 0. The van der Waals surface area contributed by atoms with Crippen molar-refractivity contribution in [2.45, 2.75) is 24.9 Å². The molecule has 0 saturated carbocycles. The molecule has 2 aromatic rings. The first-order valence-electron chi connectivity index (χ1n) is 7.82. The number of rotatable bonds is 4. The molecule has 0 radical (unpaired) electrons. The zero-order valence-corrected chi connectivity index (χ0v) is 13.8. The maximum absolute atomic E-state index is 13.0.